The van der Waals surface area contributed by atoms with Crippen LogP contribution in [-0.2, 0) is 23.9 Å². The average Bonchev–Trinajstić information content (AvgIpc) is 3.24. The second-order valence-corrected chi connectivity index (χ2v) is 9.43. The molecule has 1 atom stereocenters. The van der Waals surface area contributed by atoms with Gasteiger partial charge < -0.3 is 15.2 Å². The van der Waals surface area contributed by atoms with E-state index < -0.39 is 42.3 Å². The summed E-state index contributed by atoms with van der Waals surface area (Å²) in [5, 5.41) is 13.0. The van der Waals surface area contributed by atoms with Gasteiger partial charge in [0.25, 0.3) is 0 Å². The molecule has 1 aromatic carbocycles. The summed E-state index contributed by atoms with van der Waals surface area (Å²) in [4.78, 5) is 8.95. The van der Waals surface area contributed by atoms with Gasteiger partial charge in [0.2, 0.25) is 0 Å². The molecule has 0 bridgehead atoms. The average molecular weight is 503 g/mol. The molecule has 2 N–H and O–H groups in total. The van der Waals surface area contributed by atoms with Gasteiger partial charge in [-0.1, -0.05) is 12.1 Å². The van der Waals surface area contributed by atoms with E-state index in [4.69, 9.17) is 4.74 Å². The Hall–Kier alpha value is -2.40. The zero-order chi connectivity index (χ0) is 25.6. The van der Waals surface area contributed by atoms with Crippen LogP contribution in [0.3, 0.4) is 0 Å². The van der Waals surface area contributed by atoms with E-state index in [9.17, 15) is 31.4 Å². The summed E-state index contributed by atoms with van der Waals surface area (Å²) in [6.45, 7) is 3.65. The van der Waals surface area contributed by atoms with Crippen LogP contribution >= 0.6 is 0 Å². The first-order valence-electron chi connectivity index (χ1n) is 11.5. The van der Waals surface area contributed by atoms with Crippen molar-refractivity contribution < 1.29 is 36.2 Å². The van der Waals surface area contributed by atoms with Crippen LogP contribution in [0.2, 0.25) is 0 Å². The number of benzene rings is 1. The van der Waals surface area contributed by atoms with Crippen LogP contribution in [0.4, 0.5) is 32.2 Å². The second kappa shape index (κ2) is 9.24. The van der Waals surface area contributed by atoms with Crippen molar-refractivity contribution in [2.45, 2.75) is 76.6 Å². The summed E-state index contributed by atoms with van der Waals surface area (Å²) in [7, 11) is 0. The zero-order valence-electron chi connectivity index (χ0n) is 19.4. The van der Waals surface area contributed by atoms with Crippen molar-refractivity contribution in [1.82, 2.24) is 9.97 Å². The molecule has 0 spiro atoms. The molecule has 0 amide bonds. The van der Waals surface area contributed by atoms with E-state index >= 15 is 0 Å². The maximum Gasteiger partial charge on any atom is 0.417 e. The first-order chi connectivity index (χ1) is 16.3. The van der Waals surface area contributed by atoms with Gasteiger partial charge in [-0.25, -0.2) is 9.97 Å². The topological polar surface area (TPSA) is 67.3 Å². The first-order valence-corrected chi connectivity index (χ1v) is 11.5. The predicted molar refractivity (Wildman–Crippen MR) is 116 cm³/mol. The maximum atomic E-state index is 13.3. The molecule has 1 saturated heterocycles. The van der Waals surface area contributed by atoms with Gasteiger partial charge >= 0.3 is 12.4 Å². The highest BCUT2D eigenvalue weighted by Gasteiger charge is 2.61. The number of rotatable bonds is 6. The van der Waals surface area contributed by atoms with Crippen molar-refractivity contribution >= 4 is 5.82 Å². The molecule has 0 radical (unpaired) electrons. The molecule has 192 valence electrons. The van der Waals surface area contributed by atoms with E-state index in [0.717, 1.165) is 12.5 Å². The number of aromatic nitrogens is 2. The molecule has 35 heavy (non-hydrogen) atoms. The van der Waals surface area contributed by atoms with Crippen LogP contribution in [0.5, 0.6) is 0 Å². The second-order valence-electron chi connectivity index (χ2n) is 9.43. The summed E-state index contributed by atoms with van der Waals surface area (Å²) in [5.74, 6) is 0.381. The molecule has 2 heterocycles. The lowest BCUT2D eigenvalue weighted by atomic mass is 9.68. The third kappa shape index (κ3) is 5.25. The third-order valence-electron chi connectivity index (χ3n) is 6.85. The maximum absolute atomic E-state index is 13.3. The molecule has 1 unspecified atom stereocenters. The summed E-state index contributed by atoms with van der Waals surface area (Å²) >= 11 is 0. The zero-order valence-corrected chi connectivity index (χ0v) is 19.4. The van der Waals surface area contributed by atoms with Crippen LogP contribution in [0, 0.1) is 19.8 Å². The minimum atomic E-state index is -4.68. The highest BCUT2D eigenvalue weighted by molar-refractivity contribution is 5.50. The standard InChI is InChI=1S/C24H27F6N3O2/c1-13-16(5-3-6-17(13)23(25,26)27)12-31-21-20(19-7-4-8-35-19)18(32-14(2)33-21)9-15-10-22(34,11-15)24(28,29)30/h3,5-6,15,19,34H,4,7-12H2,1-2H3,(H,31,32,33). The van der Waals surface area contributed by atoms with E-state index in [-0.39, 0.29) is 24.6 Å². The molecule has 4 rings (SSSR count). The molecular weight excluding hydrogens is 476 g/mol. The van der Waals surface area contributed by atoms with Gasteiger partial charge in [0.05, 0.1) is 17.4 Å². The van der Waals surface area contributed by atoms with Gasteiger partial charge in [-0.3, -0.25) is 0 Å². The molecule has 5 nitrogen and oxygen atoms in total. The van der Waals surface area contributed by atoms with E-state index in [1.165, 1.54) is 13.0 Å². The normalized spacial score (nSPS) is 24.9. The molecule has 2 aliphatic rings. The molecule has 1 aliphatic heterocycles. The summed E-state index contributed by atoms with van der Waals surface area (Å²) in [6.07, 6.45) is -8.64. The lowest BCUT2D eigenvalue weighted by Gasteiger charge is -2.44. The largest absolute Gasteiger partial charge is 0.417 e. The van der Waals surface area contributed by atoms with Crippen molar-refractivity contribution in [2.24, 2.45) is 5.92 Å². The number of hydrogen-bond acceptors (Lipinski definition) is 5. The predicted octanol–water partition coefficient (Wildman–Crippen LogP) is 5.82. The lowest BCUT2D eigenvalue weighted by Crippen LogP contribution is -2.55. The van der Waals surface area contributed by atoms with Crippen molar-refractivity contribution in [3.63, 3.8) is 0 Å². The molecular formula is C24H27F6N3O2. The Labute approximate surface area is 198 Å². The van der Waals surface area contributed by atoms with E-state index in [0.29, 0.717) is 41.5 Å². The fraction of sp³-hybridized carbons (Fsp3) is 0.583. The van der Waals surface area contributed by atoms with E-state index in [1.807, 2.05) is 0 Å². The minimum Gasteiger partial charge on any atom is -0.380 e. The quantitative estimate of drug-likeness (QED) is 0.486. The van der Waals surface area contributed by atoms with Gasteiger partial charge in [-0.15, -0.1) is 0 Å². The summed E-state index contributed by atoms with van der Waals surface area (Å²) < 4.78 is 85.0. The Kier molecular flexibility index (Phi) is 6.78. The van der Waals surface area contributed by atoms with Gasteiger partial charge in [0.1, 0.15) is 11.6 Å². The highest BCUT2D eigenvalue weighted by Crippen LogP contribution is 2.50. The van der Waals surface area contributed by atoms with Gasteiger partial charge in [0.15, 0.2) is 5.60 Å². The number of nitrogens with one attached hydrogen (secondary N) is 1. The SMILES string of the molecule is Cc1nc(CC2CC(O)(C(F)(F)F)C2)c(C2CCCO2)c(NCc2cccc(C(F)(F)F)c2C)n1. The van der Waals surface area contributed by atoms with Crippen LogP contribution < -0.4 is 5.32 Å². The molecule has 11 heteroatoms. The van der Waals surface area contributed by atoms with Crippen LogP contribution in [-0.4, -0.2) is 33.5 Å². The Morgan fingerprint density at radius 1 is 1.11 bits per heavy atom. The molecule has 2 aromatic rings. The summed E-state index contributed by atoms with van der Waals surface area (Å²) in [5.41, 5.74) is -1.66. The number of anilines is 1. The van der Waals surface area contributed by atoms with Gasteiger partial charge in [-0.2, -0.15) is 26.3 Å². The van der Waals surface area contributed by atoms with Crippen molar-refractivity contribution in [3.05, 3.63) is 52.0 Å². The molecule has 1 aliphatic carbocycles. The smallest absolute Gasteiger partial charge is 0.380 e. The van der Waals surface area contributed by atoms with Crippen LogP contribution in [0.25, 0.3) is 0 Å². The number of nitrogens with zero attached hydrogens (tertiary/aromatic N) is 2. The fourth-order valence-corrected chi connectivity index (χ4v) is 4.98. The van der Waals surface area contributed by atoms with Gasteiger partial charge in [0, 0.05) is 18.7 Å². The Morgan fingerprint density at radius 2 is 1.83 bits per heavy atom. The first kappa shape index (κ1) is 25.7. The van der Waals surface area contributed by atoms with E-state index in [2.05, 4.69) is 15.3 Å². The number of aryl methyl sites for hydroxylation is 1. The fourth-order valence-electron chi connectivity index (χ4n) is 4.98. The number of hydrogen-bond donors (Lipinski definition) is 2. The van der Waals surface area contributed by atoms with Crippen LogP contribution in [0.1, 0.15) is 65.6 Å². The number of alkyl halides is 6. The Bertz CT molecular complexity index is 1070. The minimum absolute atomic E-state index is 0.0720. The van der Waals surface area contributed by atoms with Crippen molar-refractivity contribution in [1.29, 1.82) is 0 Å². The Balaban J connectivity index is 1.60. The van der Waals surface area contributed by atoms with Crippen molar-refractivity contribution in [3.8, 4) is 0 Å². The van der Waals surface area contributed by atoms with Crippen molar-refractivity contribution in [2.75, 3.05) is 11.9 Å². The monoisotopic (exact) mass is 503 g/mol. The number of halogens is 6. The summed E-state index contributed by atoms with van der Waals surface area (Å²) in [6, 6.07) is 3.98. The molecule has 1 aromatic heterocycles. The number of aliphatic hydroxyl groups is 1. The molecule has 2 fully saturated rings. The lowest BCUT2D eigenvalue weighted by molar-refractivity contribution is -0.298. The number of ether oxygens (including phenoxy) is 1. The van der Waals surface area contributed by atoms with Crippen LogP contribution in [0.15, 0.2) is 18.2 Å². The molecule has 1 saturated carbocycles. The van der Waals surface area contributed by atoms with Gasteiger partial charge in [-0.05, 0) is 69.1 Å². The third-order valence-corrected chi connectivity index (χ3v) is 6.85. The van der Waals surface area contributed by atoms with E-state index in [1.54, 1.807) is 13.0 Å². The Morgan fingerprint density at radius 3 is 2.43 bits per heavy atom. The highest BCUT2D eigenvalue weighted by atomic mass is 19.4.